The number of aliphatic hydroxyl groups is 1. The maximum atomic E-state index is 11.5. The predicted octanol–water partition coefficient (Wildman–Crippen LogP) is 1.52. The zero-order valence-electron chi connectivity index (χ0n) is 12.9. The maximum absolute atomic E-state index is 11.5. The molecular weight excluding hydrogens is 278 g/mol. The molecule has 1 heterocycles. The Labute approximate surface area is 121 Å². The quantitative estimate of drug-likeness (QED) is 0.798. The Kier molecular flexibility index (Phi) is 5.40. The van der Waals surface area contributed by atoms with Gasteiger partial charge >= 0.3 is 0 Å². The van der Waals surface area contributed by atoms with E-state index in [2.05, 4.69) is 5.32 Å². The van der Waals surface area contributed by atoms with E-state index < -0.39 is 15.4 Å². The van der Waals surface area contributed by atoms with Crippen molar-refractivity contribution in [3.8, 4) is 0 Å². The van der Waals surface area contributed by atoms with Crippen molar-refractivity contribution in [2.75, 3.05) is 18.1 Å². The molecule has 1 aromatic rings. The lowest BCUT2D eigenvalue weighted by atomic mass is 9.96. The fourth-order valence-electron chi connectivity index (χ4n) is 2.19. The maximum Gasteiger partial charge on any atom is 0.151 e. The molecule has 116 valence electrons. The number of sulfone groups is 1. The summed E-state index contributed by atoms with van der Waals surface area (Å²) in [5.41, 5.74) is -0.362. The average molecular weight is 303 g/mol. The van der Waals surface area contributed by atoms with Crippen LogP contribution in [0.15, 0.2) is 10.5 Å². The Morgan fingerprint density at radius 1 is 1.45 bits per heavy atom. The van der Waals surface area contributed by atoms with Crippen molar-refractivity contribution in [1.29, 1.82) is 0 Å². The van der Waals surface area contributed by atoms with E-state index in [-0.39, 0.29) is 24.1 Å². The van der Waals surface area contributed by atoms with Gasteiger partial charge in [-0.25, -0.2) is 8.42 Å². The van der Waals surface area contributed by atoms with E-state index in [9.17, 15) is 13.5 Å². The Hall–Kier alpha value is -0.850. The summed E-state index contributed by atoms with van der Waals surface area (Å²) >= 11 is 0. The molecular formula is C14H25NO4S. The molecule has 2 N–H and O–H groups in total. The normalized spacial score (nSPS) is 16.9. The van der Waals surface area contributed by atoms with Crippen molar-refractivity contribution in [3.63, 3.8) is 0 Å². The zero-order chi connectivity index (χ0) is 15.6. The molecule has 0 aliphatic heterocycles. The number of hydrogen-bond acceptors (Lipinski definition) is 5. The Morgan fingerprint density at radius 2 is 2.05 bits per heavy atom. The first-order chi connectivity index (χ1) is 9.07. The van der Waals surface area contributed by atoms with Crippen molar-refractivity contribution in [2.45, 2.75) is 46.3 Å². The van der Waals surface area contributed by atoms with Crippen LogP contribution in [0.5, 0.6) is 0 Å². The van der Waals surface area contributed by atoms with Crippen LogP contribution >= 0.6 is 0 Å². The standard InChI is InChI=1S/C14H25NO4S/c1-6-20(17,18)8-10(2)15-9-14(5,16)13-7-11(3)19-12(13)4/h7,10,15-16H,6,8-9H2,1-5H3. The highest BCUT2D eigenvalue weighted by Crippen LogP contribution is 2.26. The molecule has 0 saturated carbocycles. The molecule has 2 unspecified atom stereocenters. The molecule has 0 fully saturated rings. The van der Waals surface area contributed by atoms with E-state index in [1.807, 2.05) is 19.9 Å². The van der Waals surface area contributed by atoms with Gasteiger partial charge in [0.05, 0.1) is 5.75 Å². The molecule has 1 aromatic heterocycles. The molecule has 0 aliphatic carbocycles. The number of nitrogens with one attached hydrogen (secondary N) is 1. The molecule has 5 nitrogen and oxygen atoms in total. The van der Waals surface area contributed by atoms with Gasteiger partial charge in [0.15, 0.2) is 9.84 Å². The summed E-state index contributed by atoms with van der Waals surface area (Å²) in [6.45, 7) is 9.04. The summed E-state index contributed by atoms with van der Waals surface area (Å²) < 4.78 is 28.5. The van der Waals surface area contributed by atoms with Gasteiger partial charge in [0.2, 0.25) is 0 Å². The van der Waals surface area contributed by atoms with Crippen LogP contribution in [0.2, 0.25) is 0 Å². The lowest BCUT2D eigenvalue weighted by molar-refractivity contribution is 0.0535. The number of furan rings is 1. The van der Waals surface area contributed by atoms with Gasteiger partial charge in [0.25, 0.3) is 0 Å². The number of aryl methyl sites for hydroxylation is 2. The largest absolute Gasteiger partial charge is 0.466 e. The summed E-state index contributed by atoms with van der Waals surface area (Å²) in [4.78, 5) is 0. The van der Waals surface area contributed by atoms with E-state index in [0.717, 1.165) is 11.3 Å². The molecule has 0 bridgehead atoms. The van der Waals surface area contributed by atoms with Crippen molar-refractivity contribution in [2.24, 2.45) is 0 Å². The van der Waals surface area contributed by atoms with Crippen LogP contribution in [0.4, 0.5) is 0 Å². The van der Waals surface area contributed by atoms with Gasteiger partial charge in [-0.1, -0.05) is 6.92 Å². The second-order valence-electron chi connectivity index (χ2n) is 5.58. The molecule has 20 heavy (non-hydrogen) atoms. The molecule has 6 heteroatoms. The van der Waals surface area contributed by atoms with E-state index in [1.54, 1.807) is 20.8 Å². The van der Waals surface area contributed by atoms with Crippen LogP contribution < -0.4 is 5.32 Å². The van der Waals surface area contributed by atoms with E-state index in [1.165, 1.54) is 0 Å². The zero-order valence-corrected chi connectivity index (χ0v) is 13.7. The van der Waals surface area contributed by atoms with Gasteiger partial charge in [-0.15, -0.1) is 0 Å². The molecule has 0 saturated heterocycles. The molecule has 0 radical (unpaired) electrons. The molecule has 0 aromatic carbocycles. The van der Waals surface area contributed by atoms with Crippen LogP contribution in [-0.2, 0) is 15.4 Å². The van der Waals surface area contributed by atoms with Crippen molar-refractivity contribution < 1.29 is 17.9 Å². The minimum Gasteiger partial charge on any atom is -0.466 e. The predicted molar refractivity (Wildman–Crippen MR) is 79.5 cm³/mol. The summed E-state index contributed by atoms with van der Waals surface area (Å²) in [5, 5.41) is 13.6. The first-order valence-corrected chi connectivity index (χ1v) is 8.63. The van der Waals surface area contributed by atoms with E-state index in [0.29, 0.717) is 5.76 Å². The fraction of sp³-hybridized carbons (Fsp3) is 0.714. The van der Waals surface area contributed by atoms with Gasteiger partial charge in [-0.3, -0.25) is 0 Å². The topological polar surface area (TPSA) is 79.5 Å². The van der Waals surface area contributed by atoms with Crippen molar-refractivity contribution >= 4 is 9.84 Å². The molecule has 0 amide bonds. The smallest absolute Gasteiger partial charge is 0.151 e. The summed E-state index contributed by atoms with van der Waals surface area (Å²) in [5.74, 6) is 1.64. The second-order valence-corrected chi connectivity index (χ2v) is 7.98. The van der Waals surface area contributed by atoms with Crippen molar-refractivity contribution in [3.05, 3.63) is 23.2 Å². The van der Waals surface area contributed by atoms with Gasteiger partial charge in [-0.05, 0) is 33.8 Å². The lowest BCUT2D eigenvalue weighted by Gasteiger charge is -2.25. The first kappa shape index (κ1) is 17.2. The minimum atomic E-state index is -3.02. The van der Waals surface area contributed by atoms with Gasteiger partial charge in [0, 0.05) is 23.9 Å². The van der Waals surface area contributed by atoms with Crippen LogP contribution in [0.1, 0.15) is 37.9 Å². The summed E-state index contributed by atoms with van der Waals surface area (Å²) in [6, 6.07) is 1.60. The SMILES string of the molecule is CCS(=O)(=O)CC(C)NCC(C)(O)c1cc(C)oc1C. The Balaban J connectivity index is 2.66. The molecule has 0 aliphatic rings. The highest BCUT2D eigenvalue weighted by molar-refractivity contribution is 7.91. The van der Waals surface area contributed by atoms with Gasteiger partial charge < -0.3 is 14.8 Å². The van der Waals surface area contributed by atoms with Crippen molar-refractivity contribution in [1.82, 2.24) is 5.32 Å². The monoisotopic (exact) mass is 303 g/mol. The Bertz CT molecular complexity index is 546. The summed E-state index contributed by atoms with van der Waals surface area (Å²) in [7, 11) is -3.02. The fourth-order valence-corrected chi connectivity index (χ4v) is 3.31. The van der Waals surface area contributed by atoms with E-state index in [4.69, 9.17) is 4.42 Å². The summed E-state index contributed by atoms with van der Waals surface area (Å²) in [6.07, 6.45) is 0. The molecule has 2 atom stereocenters. The first-order valence-electron chi connectivity index (χ1n) is 6.81. The van der Waals surface area contributed by atoms with E-state index >= 15 is 0 Å². The third kappa shape index (κ3) is 4.61. The highest BCUT2D eigenvalue weighted by atomic mass is 32.2. The van der Waals surface area contributed by atoms with Crippen LogP contribution in [0.3, 0.4) is 0 Å². The van der Waals surface area contributed by atoms with Crippen LogP contribution in [0, 0.1) is 13.8 Å². The number of hydrogen-bond donors (Lipinski definition) is 2. The third-order valence-corrected chi connectivity index (χ3v) is 5.25. The Morgan fingerprint density at radius 3 is 2.50 bits per heavy atom. The van der Waals surface area contributed by atoms with Gasteiger partial charge in [-0.2, -0.15) is 0 Å². The number of rotatable bonds is 7. The highest BCUT2D eigenvalue weighted by Gasteiger charge is 2.28. The van der Waals surface area contributed by atoms with Crippen LogP contribution in [-0.4, -0.2) is 37.6 Å². The molecule has 1 rings (SSSR count). The average Bonchev–Trinajstić information content (AvgIpc) is 2.66. The van der Waals surface area contributed by atoms with Gasteiger partial charge in [0.1, 0.15) is 17.1 Å². The second kappa shape index (κ2) is 6.28. The lowest BCUT2D eigenvalue weighted by Crippen LogP contribution is -2.42. The minimum absolute atomic E-state index is 0.0724. The third-order valence-electron chi connectivity index (χ3n) is 3.36. The van der Waals surface area contributed by atoms with Crippen LogP contribution in [0.25, 0.3) is 0 Å². The molecule has 0 spiro atoms.